The van der Waals surface area contributed by atoms with Gasteiger partial charge in [0.2, 0.25) is 0 Å². The Morgan fingerprint density at radius 1 is 1.50 bits per heavy atom. The maximum atomic E-state index is 10.8. The number of carboxylic acid groups (broad SMARTS) is 1. The number of aliphatic carboxylic acids is 1. The Kier molecular flexibility index (Phi) is 3.68. The fourth-order valence-electron chi connectivity index (χ4n) is 1.95. The summed E-state index contributed by atoms with van der Waals surface area (Å²) >= 11 is 3.32. The van der Waals surface area contributed by atoms with Gasteiger partial charge in [-0.25, -0.2) is 0 Å². The number of halogens is 1. The van der Waals surface area contributed by atoms with E-state index in [1.54, 1.807) is 12.1 Å². The molecule has 0 spiro atoms. The van der Waals surface area contributed by atoms with Gasteiger partial charge in [-0.3, -0.25) is 4.79 Å². The zero-order valence-electron chi connectivity index (χ0n) is 9.43. The maximum Gasteiger partial charge on any atom is 0.310 e. The van der Waals surface area contributed by atoms with Crippen LogP contribution in [-0.4, -0.2) is 17.1 Å². The molecule has 92 valence electrons. The van der Waals surface area contributed by atoms with Crippen molar-refractivity contribution < 1.29 is 9.90 Å². The molecule has 18 heavy (non-hydrogen) atoms. The Bertz CT molecular complexity index is 548. The van der Waals surface area contributed by atoms with Crippen LogP contribution < -0.4 is 5.32 Å². The highest BCUT2D eigenvalue weighted by atomic mass is 79.9. The van der Waals surface area contributed by atoms with E-state index in [1.807, 2.05) is 18.2 Å². The van der Waals surface area contributed by atoms with E-state index in [9.17, 15) is 4.79 Å². The third-order valence-electron chi connectivity index (χ3n) is 2.87. The van der Waals surface area contributed by atoms with Crippen LogP contribution in [0.15, 0.2) is 34.8 Å². The smallest absolute Gasteiger partial charge is 0.310 e. The predicted molar refractivity (Wildman–Crippen MR) is 71.2 cm³/mol. The fourth-order valence-corrected chi connectivity index (χ4v) is 2.40. The molecule has 2 rings (SSSR count). The number of benzene rings is 1. The molecule has 2 N–H and O–H groups in total. The van der Waals surface area contributed by atoms with E-state index in [0.29, 0.717) is 17.7 Å². The third kappa shape index (κ3) is 2.54. The van der Waals surface area contributed by atoms with E-state index in [0.717, 1.165) is 4.47 Å². The highest BCUT2D eigenvalue weighted by Crippen LogP contribution is 2.27. The minimum atomic E-state index is -0.815. The molecule has 0 bridgehead atoms. The van der Waals surface area contributed by atoms with Crippen LogP contribution in [-0.2, 0) is 4.79 Å². The Morgan fingerprint density at radius 3 is 2.89 bits per heavy atom. The normalized spacial score (nSPS) is 21.6. The zero-order chi connectivity index (χ0) is 13.1. The first-order chi connectivity index (χ1) is 8.61. The molecule has 5 heteroatoms. The van der Waals surface area contributed by atoms with Gasteiger partial charge >= 0.3 is 5.97 Å². The van der Waals surface area contributed by atoms with Gasteiger partial charge in [-0.05, 0) is 34.5 Å². The molecule has 0 saturated carbocycles. The molecule has 0 heterocycles. The standard InChI is InChI=1S/C13H11BrN2O2/c14-11-2-1-3-12(10(11)7-15)16-9-5-4-8(6-9)13(17)18/h1-5,8-9,16H,6H2,(H,17,18). The van der Waals surface area contributed by atoms with Crippen LogP contribution in [0, 0.1) is 17.2 Å². The number of anilines is 1. The SMILES string of the molecule is N#Cc1c(Br)cccc1NC1C=CC(C(=O)O)C1. The van der Waals surface area contributed by atoms with Gasteiger partial charge in [0.15, 0.2) is 0 Å². The molecule has 0 radical (unpaired) electrons. The highest BCUT2D eigenvalue weighted by molar-refractivity contribution is 9.10. The van der Waals surface area contributed by atoms with Gasteiger partial charge in [-0.15, -0.1) is 0 Å². The largest absolute Gasteiger partial charge is 0.481 e. The average Bonchev–Trinajstić information content (AvgIpc) is 2.78. The summed E-state index contributed by atoms with van der Waals surface area (Å²) in [5, 5.41) is 21.2. The van der Waals surface area contributed by atoms with Gasteiger partial charge in [0.05, 0.1) is 17.2 Å². The van der Waals surface area contributed by atoms with E-state index in [4.69, 9.17) is 10.4 Å². The Hall–Kier alpha value is -1.80. The third-order valence-corrected chi connectivity index (χ3v) is 3.53. The summed E-state index contributed by atoms with van der Waals surface area (Å²) in [5.41, 5.74) is 1.25. The number of hydrogen-bond acceptors (Lipinski definition) is 3. The molecular formula is C13H11BrN2O2. The maximum absolute atomic E-state index is 10.8. The van der Waals surface area contributed by atoms with Crippen LogP contribution in [0.3, 0.4) is 0 Å². The second kappa shape index (κ2) is 5.23. The molecular weight excluding hydrogens is 296 g/mol. The highest BCUT2D eigenvalue weighted by Gasteiger charge is 2.24. The van der Waals surface area contributed by atoms with Crippen molar-refractivity contribution >= 4 is 27.6 Å². The first-order valence-electron chi connectivity index (χ1n) is 5.48. The van der Waals surface area contributed by atoms with E-state index in [-0.39, 0.29) is 6.04 Å². The van der Waals surface area contributed by atoms with Crippen LogP contribution in [0.25, 0.3) is 0 Å². The number of hydrogen-bond donors (Lipinski definition) is 2. The van der Waals surface area contributed by atoms with Crippen LogP contribution in [0.5, 0.6) is 0 Å². The number of nitrogens with zero attached hydrogens (tertiary/aromatic N) is 1. The van der Waals surface area contributed by atoms with Crippen molar-refractivity contribution in [2.45, 2.75) is 12.5 Å². The molecule has 4 nitrogen and oxygen atoms in total. The molecule has 0 fully saturated rings. The second-order valence-corrected chi connectivity index (χ2v) is 4.94. The van der Waals surface area contributed by atoms with Crippen molar-refractivity contribution in [2.75, 3.05) is 5.32 Å². The lowest BCUT2D eigenvalue weighted by molar-refractivity contribution is -0.140. The van der Waals surface area contributed by atoms with Gasteiger partial charge in [0.1, 0.15) is 6.07 Å². The predicted octanol–water partition coefficient (Wildman–Crippen LogP) is 2.76. The summed E-state index contributed by atoms with van der Waals surface area (Å²) < 4.78 is 0.728. The van der Waals surface area contributed by atoms with Gasteiger partial charge in [0, 0.05) is 10.5 Å². The number of nitriles is 1. The Labute approximate surface area is 113 Å². The van der Waals surface area contributed by atoms with E-state index in [1.165, 1.54) is 0 Å². The first kappa shape index (κ1) is 12.7. The van der Waals surface area contributed by atoms with Crippen molar-refractivity contribution in [1.29, 1.82) is 5.26 Å². The van der Waals surface area contributed by atoms with Gasteiger partial charge in [0.25, 0.3) is 0 Å². The van der Waals surface area contributed by atoms with E-state index < -0.39 is 11.9 Å². The Balaban J connectivity index is 2.13. The van der Waals surface area contributed by atoms with Gasteiger partial charge in [-0.2, -0.15) is 5.26 Å². The van der Waals surface area contributed by atoms with Crippen molar-refractivity contribution in [2.24, 2.45) is 5.92 Å². The monoisotopic (exact) mass is 306 g/mol. The molecule has 1 aromatic rings. The lowest BCUT2D eigenvalue weighted by atomic mass is 10.1. The molecule has 1 aromatic carbocycles. The quantitative estimate of drug-likeness (QED) is 0.842. The zero-order valence-corrected chi connectivity index (χ0v) is 11.0. The molecule has 0 amide bonds. The second-order valence-electron chi connectivity index (χ2n) is 4.09. The number of rotatable bonds is 3. The van der Waals surface area contributed by atoms with Crippen LogP contribution in [0.1, 0.15) is 12.0 Å². The average molecular weight is 307 g/mol. The molecule has 1 aliphatic carbocycles. The van der Waals surface area contributed by atoms with Crippen molar-refractivity contribution in [1.82, 2.24) is 0 Å². The minimum absolute atomic E-state index is 0.0486. The molecule has 1 aliphatic rings. The summed E-state index contributed by atoms with van der Waals surface area (Å²) in [5.74, 6) is -1.26. The summed E-state index contributed by atoms with van der Waals surface area (Å²) in [6, 6.07) is 7.52. The minimum Gasteiger partial charge on any atom is -0.481 e. The molecule has 2 atom stereocenters. The topological polar surface area (TPSA) is 73.1 Å². The summed E-state index contributed by atoms with van der Waals surface area (Å²) in [7, 11) is 0. The lowest BCUT2D eigenvalue weighted by Gasteiger charge is -2.15. The molecule has 0 saturated heterocycles. The van der Waals surface area contributed by atoms with Crippen molar-refractivity contribution in [3.05, 3.63) is 40.4 Å². The summed E-state index contributed by atoms with van der Waals surface area (Å²) in [6.45, 7) is 0. The van der Waals surface area contributed by atoms with Crippen molar-refractivity contribution in [3.63, 3.8) is 0 Å². The van der Waals surface area contributed by atoms with Gasteiger partial charge in [-0.1, -0.05) is 18.2 Å². The van der Waals surface area contributed by atoms with Crippen molar-refractivity contribution in [3.8, 4) is 6.07 Å². The van der Waals surface area contributed by atoms with Crippen LogP contribution in [0.4, 0.5) is 5.69 Å². The number of carboxylic acids is 1. The summed E-state index contributed by atoms with van der Waals surface area (Å²) in [4.78, 5) is 10.8. The first-order valence-corrected chi connectivity index (χ1v) is 6.27. The van der Waals surface area contributed by atoms with Crippen LogP contribution >= 0.6 is 15.9 Å². The molecule has 0 aromatic heterocycles. The molecule has 2 unspecified atom stereocenters. The van der Waals surface area contributed by atoms with E-state index >= 15 is 0 Å². The lowest BCUT2D eigenvalue weighted by Crippen LogP contribution is -2.19. The molecule has 0 aliphatic heterocycles. The van der Waals surface area contributed by atoms with E-state index in [2.05, 4.69) is 27.3 Å². The Morgan fingerprint density at radius 2 is 2.28 bits per heavy atom. The number of carbonyl (C=O) groups is 1. The fraction of sp³-hybridized carbons (Fsp3) is 0.231. The number of nitrogens with one attached hydrogen (secondary N) is 1. The summed E-state index contributed by atoms with van der Waals surface area (Å²) in [6.07, 6.45) is 4.03. The van der Waals surface area contributed by atoms with Gasteiger partial charge < -0.3 is 10.4 Å². The van der Waals surface area contributed by atoms with Crippen LogP contribution in [0.2, 0.25) is 0 Å².